The highest BCUT2D eigenvalue weighted by molar-refractivity contribution is 7.80. The van der Waals surface area contributed by atoms with Crippen LogP contribution in [-0.4, -0.2) is 115 Å². The van der Waals surface area contributed by atoms with Gasteiger partial charge in [-0.05, 0) is 29.3 Å². The summed E-state index contributed by atoms with van der Waals surface area (Å²) in [5, 5.41) is 42.4. The zero-order valence-electron chi connectivity index (χ0n) is 28.2. The molecule has 0 fully saturated rings. The van der Waals surface area contributed by atoms with E-state index in [0.717, 1.165) is 10.9 Å². The molecule has 0 saturated carbocycles. The van der Waals surface area contributed by atoms with Gasteiger partial charge in [0.25, 0.3) is 0 Å². The van der Waals surface area contributed by atoms with Gasteiger partial charge in [0.15, 0.2) is 0 Å². The van der Waals surface area contributed by atoms with E-state index in [4.69, 9.17) is 5.73 Å². The number of carbonyl (C=O) groups is 6. The number of aromatic amines is 2. The highest BCUT2D eigenvalue weighted by Gasteiger charge is 2.31. The van der Waals surface area contributed by atoms with Gasteiger partial charge < -0.3 is 57.6 Å². The first kappa shape index (κ1) is 39.9. The number of aliphatic hydroxyl groups excluding tert-OH is 1. The molecule has 5 unspecified atom stereocenters. The highest BCUT2D eigenvalue weighted by atomic mass is 32.1. The Morgan fingerprint density at radius 2 is 1.45 bits per heavy atom. The Bertz CT molecular complexity index is 1890. The van der Waals surface area contributed by atoms with Gasteiger partial charge in [0, 0.05) is 54.0 Å². The number of nitrogens with two attached hydrogens (primary N) is 1. The van der Waals surface area contributed by atoms with E-state index in [2.05, 4.69) is 54.2 Å². The molecule has 0 spiro atoms. The van der Waals surface area contributed by atoms with E-state index in [9.17, 15) is 44.1 Å². The molecular formula is C34H41N9O9S. The molecule has 2 heterocycles. The van der Waals surface area contributed by atoms with Crippen LogP contribution in [0.1, 0.15) is 16.8 Å². The number of hydrogen-bond acceptors (Lipinski definition) is 11. The number of fused-ring (bicyclic) bond motifs is 1. The van der Waals surface area contributed by atoms with Crippen molar-refractivity contribution in [3.8, 4) is 5.75 Å². The number of aromatic hydroxyl groups is 1. The number of aliphatic hydroxyl groups is 1. The number of phenols is 1. The molecule has 4 aromatic rings. The van der Waals surface area contributed by atoms with Crippen molar-refractivity contribution in [2.75, 3.05) is 18.9 Å². The number of thiol groups is 1. The van der Waals surface area contributed by atoms with Gasteiger partial charge in [-0.25, -0.2) is 9.78 Å². The summed E-state index contributed by atoms with van der Waals surface area (Å²) < 4.78 is 0. The van der Waals surface area contributed by atoms with Gasteiger partial charge in [0.05, 0.1) is 25.5 Å². The first-order chi connectivity index (χ1) is 25.4. The first-order valence-corrected chi connectivity index (χ1v) is 17.0. The maximum atomic E-state index is 13.8. The minimum atomic E-state index is -1.49. The van der Waals surface area contributed by atoms with Crippen molar-refractivity contribution >= 4 is 59.0 Å². The largest absolute Gasteiger partial charge is 0.508 e. The quantitative estimate of drug-likeness (QED) is 0.0466. The number of aromatic nitrogens is 3. The lowest BCUT2D eigenvalue weighted by atomic mass is 10.0. The van der Waals surface area contributed by atoms with Crippen LogP contribution in [0.5, 0.6) is 5.75 Å². The summed E-state index contributed by atoms with van der Waals surface area (Å²) in [5.74, 6) is -5.53. The number of hydrogen-bond donors (Lipinski definition) is 12. The van der Waals surface area contributed by atoms with Gasteiger partial charge in [0.1, 0.15) is 29.9 Å². The summed E-state index contributed by atoms with van der Waals surface area (Å²) in [4.78, 5) is 87.4. The minimum Gasteiger partial charge on any atom is -0.508 e. The number of phenolic OH excluding ortho intramolecular Hbond substituents is 1. The number of aliphatic carboxylic acids is 1. The molecule has 5 atom stereocenters. The van der Waals surface area contributed by atoms with E-state index >= 15 is 0 Å². The molecule has 0 saturated heterocycles. The second kappa shape index (κ2) is 19.1. The molecule has 19 heteroatoms. The summed E-state index contributed by atoms with van der Waals surface area (Å²) in [7, 11) is 0. The van der Waals surface area contributed by atoms with E-state index in [0.29, 0.717) is 16.8 Å². The second-order valence-electron chi connectivity index (χ2n) is 12.0. The standard InChI is InChI=1S/C34H41N9O9S/c35-23(16-53)30(47)43-28(15-44)33(50)41-25(9-18-5-7-21(45)8-6-18)32(49)42-26(11-20-13-36-17-39-20)31(48)38-14-29(46)40-27(34(51)52)10-19-12-37-24-4-2-1-3-22(19)24/h1-8,12-13,17,23,25-28,37,44-45,53H,9-11,14-16,35H2,(H,36,39)(H,38,48)(H,40,46)(H,41,50)(H,42,49)(H,43,47)(H,51,52). The predicted molar refractivity (Wildman–Crippen MR) is 193 cm³/mol. The van der Waals surface area contributed by atoms with Crippen LogP contribution in [-0.2, 0) is 48.0 Å². The zero-order valence-corrected chi connectivity index (χ0v) is 29.1. The SMILES string of the molecule is NC(CS)C(=O)NC(CO)C(=O)NC(Cc1ccc(O)cc1)C(=O)NC(Cc1cnc[nH]1)C(=O)NCC(=O)NC(Cc1c[nH]c2ccccc12)C(=O)O. The number of para-hydroxylation sites is 1. The molecule has 0 radical (unpaired) electrons. The number of carboxylic acids is 1. The van der Waals surface area contributed by atoms with Gasteiger partial charge >= 0.3 is 5.97 Å². The summed E-state index contributed by atoms with van der Waals surface area (Å²) in [6.45, 7) is -1.46. The smallest absolute Gasteiger partial charge is 0.326 e. The van der Waals surface area contributed by atoms with Gasteiger partial charge in [0.2, 0.25) is 29.5 Å². The third-order valence-corrected chi connectivity index (χ3v) is 8.52. The van der Waals surface area contributed by atoms with Gasteiger partial charge in [-0.15, -0.1) is 0 Å². The molecule has 2 aromatic heterocycles. The Morgan fingerprint density at radius 1 is 0.792 bits per heavy atom. The number of H-pyrrole nitrogens is 2. The molecule has 2 aromatic carbocycles. The predicted octanol–water partition coefficient (Wildman–Crippen LogP) is -1.99. The van der Waals surface area contributed by atoms with Crippen molar-refractivity contribution in [3.63, 3.8) is 0 Å². The third kappa shape index (κ3) is 11.5. The van der Waals surface area contributed by atoms with Crippen LogP contribution in [0.4, 0.5) is 0 Å². The van der Waals surface area contributed by atoms with Crippen LogP contribution in [0, 0.1) is 0 Å². The first-order valence-electron chi connectivity index (χ1n) is 16.4. The van der Waals surface area contributed by atoms with Crippen LogP contribution in [0.2, 0.25) is 0 Å². The Labute approximate surface area is 308 Å². The van der Waals surface area contributed by atoms with Crippen molar-refractivity contribution in [3.05, 3.63) is 84.1 Å². The lowest BCUT2D eigenvalue weighted by molar-refractivity contribution is -0.141. The normalized spacial score (nSPS) is 13.9. The van der Waals surface area contributed by atoms with E-state index < -0.39 is 78.9 Å². The van der Waals surface area contributed by atoms with Crippen LogP contribution in [0.15, 0.2) is 67.3 Å². The van der Waals surface area contributed by atoms with Gasteiger partial charge in [-0.1, -0.05) is 30.3 Å². The molecule has 53 heavy (non-hydrogen) atoms. The Hall–Kier alpha value is -5.92. The topological polar surface area (TPSA) is 294 Å². The fraction of sp³-hybridized carbons (Fsp3) is 0.324. The number of nitrogens with one attached hydrogen (secondary N) is 7. The number of benzene rings is 2. The molecule has 4 rings (SSSR count). The molecule has 0 aliphatic carbocycles. The number of carboxylic acid groups (broad SMARTS) is 1. The summed E-state index contributed by atoms with van der Waals surface area (Å²) in [5.41, 5.74) is 8.06. The molecule has 18 nitrogen and oxygen atoms in total. The lowest BCUT2D eigenvalue weighted by Gasteiger charge is -2.25. The number of imidazole rings is 1. The average Bonchev–Trinajstić information content (AvgIpc) is 3.82. The molecule has 282 valence electrons. The molecule has 5 amide bonds. The summed E-state index contributed by atoms with van der Waals surface area (Å²) >= 11 is 3.95. The fourth-order valence-corrected chi connectivity index (χ4v) is 5.43. The van der Waals surface area contributed by atoms with Gasteiger partial charge in [-0.3, -0.25) is 24.0 Å². The van der Waals surface area contributed by atoms with Crippen molar-refractivity contribution in [2.45, 2.75) is 49.5 Å². The van der Waals surface area contributed by atoms with Crippen molar-refractivity contribution < 1.29 is 44.1 Å². The van der Waals surface area contributed by atoms with Crippen LogP contribution in [0.3, 0.4) is 0 Å². The van der Waals surface area contributed by atoms with Crippen LogP contribution in [0.25, 0.3) is 10.9 Å². The van der Waals surface area contributed by atoms with E-state index in [1.807, 2.05) is 18.2 Å². The maximum Gasteiger partial charge on any atom is 0.326 e. The Morgan fingerprint density at radius 3 is 2.09 bits per heavy atom. The maximum absolute atomic E-state index is 13.8. The van der Waals surface area contributed by atoms with Crippen LogP contribution >= 0.6 is 12.6 Å². The second-order valence-corrected chi connectivity index (χ2v) is 12.4. The average molecular weight is 752 g/mol. The number of rotatable bonds is 19. The van der Waals surface area contributed by atoms with Crippen LogP contribution < -0.4 is 32.3 Å². The number of nitrogens with zero attached hydrogens (tertiary/aromatic N) is 1. The molecule has 12 N–H and O–H groups in total. The van der Waals surface area contributed by atoms with Crippen molar-refractivity contribution in [1.29, 1.82) is 0 Å². The zero-order chi connectivity index (χ0) is 38.5. The van der Waals surface area contributed by atoms with Crippen molar-refractivity contribution in [2.24, 2.45) is 5.73 Å². The van der Waals surface area contributed by atoms with E-state index in [-0.39, 0.29) is 30.8 Å². The minimum absolute atomic E-state index is 0.0332. The molecular weight excluding hydrogens is 710 g/mol. The van der Waals surface area contributed by atoms with Gasteiger partial charge in [-0.2, -0.15) is 12.6 Å². The summed E-state index contributed by atoms with van der Waals surface area (Å²) in [6.07, 6.45) is 4.13. The Balaban J connectivity index is 1.46. The number of carbonyl (C=O) groups excluding carboxylic acids is 5. The summed E-state index contributed by atoms with van der Waals surface area (Å²) in [6, 6.07) is 6.45. The highest BCUT2D eigenvalue weighted by Crippen LogP contribution is 2.19. The van der Waals surface area contributed by atoms with E-state index in [1.165, 1.54) is 36.8 Å². The molecule has 0 aliphatic rings. The molecule has 0 bridgehead atoms. The monoisotopic (exact) mass is 751 g/mol. The number of amides is 5. The fourth-order valence-electron chi connectivity index (χ4n) is 5.26. The van der Waals surface area contributed by atoms with E-state index in [1.54, 1.807) is 12.3 Å². The Kier molecular flexibility index (Phi) is 14.3. The molecule has 0 aliphatic heterocycles. The van der Waals surface area contributed by atoms with Crippen molar-refractivity contribution in [1.82, 2.24) is 41.5 Å². The third-order valence-electron chi connectivity index (χ3n) is 8.13. The lowest BCUT2D eigenvalue weighted by Crippen LogP contribution is -2.59.